The number of hydrogen-bond acceptors (Lipinski definition) is 2. The molecule has 1 rings (SSSR count). The van der Waals surface area contributed by atoms with E-state index in [0.29, 0.717) is 5.25 Å². The highest BCUT2D eigenvalue weighted by molar-refractivity contribution is 7.92. The minimum atomic E-state index is -0.480. The highest BCUT2D eigenvalue weighted by Gasteiger charge is 2.31. The predicted octanol–water partition coefficient (Wildman–Crippen LogP) is 1.45. The van der Waals surface area contributed by atoms with E-state index in [4.69, 9.17) is 4.74 Å². The molecule has 0 aromatic carbocycles. The zero-order valence-electron chi connectivity index (χ0n) is 6.79. The van der Waals surface area contributed by atoms with Gasteiger partial charge in [0, 0.05) is 21.8 Å². The van der Waals surface area contributed by atoms with Crippen LogP contribution >= 0.6 is 0 Å². The van der Waals surface area contributed by atoms with Gasteiger partial charge in [-0.2, -0.15) is 0 Å². The van der Waals surface area contributed by atoms with Gasteiger partial charge in [0.15, 0.2) is 0 Å². The Bertz CT molecular complexity index is 165. The Morgan fingerprint density at radius 1 is 1.73 bits per heavy atom. The maximum absolute atomic E-state index is 10.7. The summed E-state index contributed by atoms with van der Waals surface area (Å²) in [6.45, 7) is 2.69. The van der Waals surface area contributed by atoms with Crippen LogP contribution in [0.2, 0.25) is 0 Å². The van der Waals surface area contributed by atoms with E-state index in [2.05, 4.69) is 0 Å². The van der Waals surface area contributed by atoms with Gasteiger partial charge in [-0.25, -0.2) is 0 Å². The lowest BCUT2D eigenvalue weighted by Gasteiger charge is -1.97. The normalized spacial score (nSPS) is 29.2. The van der Waals surface area contributed by atoms with Gasteiger partial charge in [0.2, 0.25) is 0 Å². The molecule has 1 saturated heterocycles. The smallest absolute Gasteiger partial charge is 0.0873 e. The van der Waals surface area contributed by atoms with E-state index in [9.17, 15) is 4.21 Å². The van der Waals surface area contributed by atoms with Crippen molar-refractivity contribution in [2.24, 2.45) is 0 Å². The molecule has 11 heavy (non-hydrogen) atoms. The van der Waals surface area contributed by atoms with Crippen LogP contribution in [0, 0.1) is 0 Å². The molecule has 1 aliphatic heterocycles. The SMILES string of the molecule is C/C=C/OCCCC1CS1=O. The van der Waals surface area contributed by atoms with Gasteiger partial charge in [-0.15, -0.1) is 0 Å². The van der Waals surface area contributed by atoms with Crippen LogP contribution in [0.15, 0.2) is 12.3 Å². The fourth-order valence-electron chi connectivity index (χ4n) is 0.917. The van der Waals surface area contributed by atoms with Crippen molar-refractivity contribution in [2.45, 2.75) is 25.0 Å². The minimum Gasteiger partial charge on any atom is -0.502 e. The van der Waals surface area contributed by atoms with E-state index in [0.717, 1.165) is 25.2 Å². The highest BCUT2D eigenvalue weighted by atomic mass is 32.2. The van der Waals surface area contributed by atoms with Gasteiger partial charge in [0.25, 0.3) is 0 Å². The number of allylic oxidation sites excluding steroid dienone is 1. The fraction of sp³-hybridized carbons (Fsp3) is 0.750. The third-order valence-corrected chi connectivity index (χ3v) is 3.08. The van der Waals surface area contributed by atoms with Crippen LogP contribution in [0.4, 0.5) is 0 Å². The first-order chi connectivity index (χ1) is 5.34. The Morgan fingerprint density at radius 3 is 3.00 bits per heavy atom. The molecule has 0 spiro atoms. The molecule has 0 bridgehead atoms. The quantitative estimate of drug-likeness (QED) is 0.358. The monoisotopic (exact) mass is 174 g/mol. The highest BCUT2D eigenvalue weighted by Crippen LogP contribution is 2.20. The summed E-state index contributed by atoms with van der Waals surface area (Å²) in [5.41, 5.74) is 0. The molecular weight excluding hydrogens is 160 g/mol. The molecule has 0 radical (unpaired) electrons. The molecule has 2 unspecified atom stereocenters. The van der Waals surface area contributed by atoms with E-state index < -0.39 is 10.8 Å². The van der Waals surface area contributed by atoms with Crippen LogP contribution in [0.5, 0.6) is 0 Å². The lowest BCUT2D eigenvalue weighted by molar-refractivity contribution is 0.242. The summed E-state index contributed by atoms with van der Waals surface area (Å²) < 4.78 is 15.8. The zero-order valence-corrected chi connectivity index (χ0v) is 7.60. The fourth-order valence-corrected chi connectivity index (χ4v) is 1.97. The van der Waals surface area contributed by atoms with Gasteiger partial charge < -0.3 is 4.74 Å². The van der Waals surface area contributed by atoms with Gasteiger partial charge in [-0.1, -0.05) is 6.08 Å². The third-order valence-electron chi connectivity index (χ3n) is 1.63. The number of rotatable bonds is 5. The Labute approximate surface area is 70.1 Å². The van der Waals surface area contributed by atoms with Crippen molar-refractivity contribution >= 4 is 10.8 Å². The van der Waals surface area contributed by atoms with Crippen molar-refractivity contribution in [1.82, 2.24) is 0 Å². The summed E-state index contributed by atoms with van der Waals surface area (Å²) in [6.07, 6.45) is 5.66. The number of hydrogen-bond donors (Lipinski definition) is 0. The summed E-state index contributed by atoms with van der Waals surface area (Å²) in [5.74, 6) is 0.920. The summed E-state index contributed by atoms with van der Waals surface area (Å²) in [6, 6.07) is 0. The molecule has 0 N–H and O–H groups in total. The average Bonchev–Trinajstić information content (AvgIpc) is 2.67. The molecule has 0 aromatic rings. The van der Waals surface area contributed by atoms with Gasteiger partial charge in [-0.05, 0) is 19.8 Å². The summed E-state index contributed by atoms with van der Waals surface area (Å²) in [4.78, 5) is 0. The van der Waals surface area contributed by atoms with Crippen LogP contribution in [0.25, 0.3) is 0 Å². The molecule has 1 fully saturated rings. The van der Waals surface area contributed by atoms with E-state index in [1.807, 2.05) is 13.0 Å². The Kier molecular flexibility index (Phi) is 3.63. The lowest BCUT2D eigenvalue weighted by atomic mass is 10.3. The second-order valence-electron chi connectivity index (χ2n) is 2.65. The first-order valence-corrected chi connectivity index (χ1v) is 5.32. The molecule has 0 aromatic heterocycles. The van der Waals surface area contributed by atoms with Crippen molar-refractivity contribution in [3.8, 4) is 0 Å². The van der Waals surface area contributed by atoms with Crippen LogP contribution < -0.4 is 0 Å². The molecule has 1 heterocycles. The maximum Gasteiger partial charge on any atom is 0.0873 e. The molecule has 2 atom stereocenters. The van der Waals surface area contributed by atoms with E-state index in [1.165, 1.54) is 0 Å². The topological polar surface area (TPSA) is 26.3 Å². The molecule has 0 amide bonds. The Morgan fingerprint density at radius 2 is 2.45 bits per heavy atom. The Hall–Kier alpha value is -0.310. The van der Waals surface area contributed by atoms with Crippen molar-refractivity contribution in [2.75, 3.05) is 12.4 Å². The summed E-state index contributed by atoms with van der Waals surface area (Å²) in [5, 5.41) is 0.490. The third kappa shape index (κ3) is 3.56. The number of ether oxygens (including phenoxy) is 1. The van der Waals surface area contributed by atoms with Crippen molar-refractivity contribution in [1.29, 1.82) is 0 Å². The van der Waals surface area contributed by atoms with Gasteiger partial charge in [0.1, 0.15) is 0 Å². The molecular formula is C8H14O2S. The second kappa shape index (κ2) is 4.54. The zero-order chi connectivity index (χ0) is 8.10. The van der Waals surface area contributed by atoms with Gasteiger partial charge >= 0.3 is 0 Å². The van der Waals surface area contributed by atoms with E-state index >= 15 is 0 Å². The summed E-state index contributed by atoms with van der Waals surface area (Å²) >= 11 is 0. The van der Waals surface area contributed by atoms with Crippen LogP contribution in [-0.2, 0) is 15.5 Å². The van der Waals surface area contributed by atoms with Crippen LogP contribution in [0.1, 0.15) is 19.8 Å². The first kappa shape index (κ1) is 8.78. The predicted molar refractivity (Wildman–Crippen MR) is 46.8 cm³/mol. The standard InChI is InChI=1S/C8H14O2S/c1-2-5-10-6-3-4-8-7-11(8)9/h2,5,8H,3-4,6-7H2,1H3/b5-2+. The van der Waals surface area contributed by atoms with E-state index in [1.54, 1.807) is 6.26 Å². The summed E-state index contributed by atoms with van der Waals surface area (Å²) in [7, 11) is -0.480. The first-order valence-electron chi connectivity index (χ1n) is 3.94. The average molecular weight is 174 g/mol. The molecule has 2 nitrogen and oxygen atoms in total. The van der Waals surface area contributed by atoms with Gasteiger partial charge in [0.05, 0.1) is 12.9 Å². The minimum absolute atomic E-state index is 0.480. The van der Waals surface area contributed by atoms with E-state index in [-0.39, 0.29) is 0 Å². The molecule has 0 aliphatic carbocycles. The second-order valence-corrected chi connectivity index (χ2v) is 4.41. The van der Waals surface area contributed by atoms with Crippen molar-refractivity contribution < 1.29 is 8.95 Å². The maximum atomic E-state index is 10.7. The Balaban J connectivity index is 1.85. The molecule has 0 saturated carbocycles. The van der Waals surface area contributed by atoms with Crippen molar-refractivity contribution in [3.05, 3.63) is 12.3 Å². The lowest BCUT2D eigenvalue weighted by Crippen LogP contribution is -1.92. The van der Waals surface area contributed by atoms with Crippen molar-refractivity contribution in [3.63, 3.8) is 0 Å². The van der Waals surface area contributed by atoms with Crippen LogP contribution in [-0.4, -0.2) is 21.8 Å². The molecule has 64 valence electrons. The van der Waals surface area contributed by atoms with Crippen LogP contribution in [0.3, 0.4) is 0 Å². The van der Waals surface area contributed by atoms with Gasteiger partial charge in [-0.3, -0.25) is 4.21 Å². The molecule has 3 heteroatoms. The largest absolute Gasteiger partial charge is 0.502 e. The molecule has 1 aliphatic rings.